The van der Waals surface area contributed by atoms with E-state index in [9.17, 15) is 19.8 Å². The average molecular weight is 443 g/mol. The van der Waals surface area contributed by atoms with Crippen LogP contribution in [0.4, 0.5) is 11.4 Å². The molecule has 6 heteroatoms. The first-order valence-corrected chi connectivity index (χ1v) is 11.5. The molecule has 0 bridgehead atoms. The van der Waals surface area contributed by atoms with E-state index in [0.29, 0.717) is 23.7 Å². The van der Waals surface area contributed by atoms with E-state index >= 15 is 0 Å². The monoisotopic (exact) mass is 442 g/mol. The SMILES string of the molecule is CCCCN(CCCC)c1ccc(C=O)c(O)c1.CCN(CC)c1ccc(C=O)c(O)c1. The number of carbonyl (C=O) groups excluding carboxylic acids is 2. The molecule has 0 aliphatic carbocycles. The molecule has 0 saturated heterocycles. The summed E-state index contributed by atoms with van der Waals surface area (Å²) in [6.07, 6.45) is 5.92. The third kappa shape index (κ3) is 8.25. The van der Waals surface area contributed by atoms with Crippen LogP contribution in [-0.4, -0.2) is 49.0 Å². The Kier molecular flexibility index (Phi) is 12.6. The van der Waals surface area contributed by atoms with Crippen LogP contribution >= 0.6 is 0 Å². The second kappa shape index (κ2) is 14.9. The molecule has 32 heavy (non-hydrogen) atoms. The van der Waals surface area contributed by atoms with Gasteiger partial charge in [0.1, 0.15) is 11.5 Å². The summed E-state index contributed by atoms with van der Waals surface area (Å²) >= 11 is 0. The maximum Gasteiger partial charge on any atom is 0.153 e. The van der Waals surface area contributed by atoms with Gasteiger partial charge in [0, 0.05) is 49.7 Å². The third-order valence-corrected chi connectivity index (χ3v) is 5.34. The predicted octanol–water partition coefficient (Wildman–Crippen LogP) is 5.66. The molecule has 6 nitrogen and oxygen atoms in total. The van der Waals surface area contributed by atoms with Gasteiger partial charge in [-0.15, -0.1) is 0 Å². The Balaban J connectivity index is 0.000000330. The Hall–Kier alpha value is -3.02. The first kappa shape index (κ1) is 27.0. The Morgan fingerprint density at radius 3 is 1.41 bits per heavy atom. The summed E-state index contributed by atoms with van der Waals surface area (Å²) in [5, 5.41) is 19.2. The van der Waals surface area contributed by atoms with Gasteiger partial charge >= 0.3 is 0 Å². The highest BCUT2D eigenvalue weighted by molar-refractivity contribution is 5.81. The number of phenols is 2. The van der Waals surface area contributed by atoms with Crippen LogP contribution in [0.15, 0.2) is 36.4 Å². The maximum absolute atomic E-state index is 10.7. The van der Waals surface area contributed by atoms with E-state index in [1.54, 1.807) is 24.3 Å². The lowest BCUT2D eigenvalue weighted by Gasteiger charge is -2.25. The van der Waals surface area contributed by atoms with E-state index in [1.807, 2.05) is 26.0 Å². The number of nitrogens with zero attached hydrogens (tertiary/aromatic N) is 2. The number of carbonyl (C=O) groups is 2. The fraction of sp³-hybridized carbons (Fsp3) is 0.462. The smallest absolute Gasteiger partial charge is 0.153 e. The molecule has 176 valence electrons. The van der Waals surface area contributed by atoms with E-state index in [0.717, 1.165) is 63.2 Å². The lowest BCUT2D eigenvalue weighted by molar-refractivity contribution is 0.111. The molecular weight excluding hydrogens is 404 g/mol. The van der Waals surface area contributed by atoms with Gasteiger partial charge in [0.15, 0.2) is 12.6 Å². The zero-order valence-electron chi connectivity index (χ0n) is 19.9. The van der Waals surface area contributed by atoms with E-state index in [1.165, 1.54) is 0 Å². The van der Waals surface area contributed by atoms with Crippen molar-refractivity contribution < 1.29 is 19.8 Å². The standard InChI is InChI=1S/C15H23NO2.C11H15NO2/c1-3-5-9-16(10-6-4-2)14-8-7-13(12-17)15(18)11-14;1-3-12(4-2)10-6-5-9(8-13)11(14)7-10/h7-8,11-12,18H,3-6,9-10H2,1-2H3;5-8,14H,3-4H2,1-2H3. The number of aldehydes is 2. The number of rotatable bonds is 12. The minimum atomic E-state index is 0.0457. The summed E-state index contributed by atoms with van der Waals surface area (Å²) in [5.41, 5.74) is 2.63. The van der Waals surface area contributed by atoms with Crippen molar-refractivity contribution in [3.63, 3.8) is 0 Å². The van der Waals surface area contributed by atoms with Crippen molar-refractivity contribution in [3.05, 3.63) is 47.5 Å². The molecule has 0 saturated carbocycles. The quantitative estimate of drug-likeness (QED) is 0.413. The van der Waals surface area contributed by atoms with Gasteiger partial charge in [-0.1, -0.05) is 26.7 Å². The van der Waals surface area contributed by atoms with Crippen molar-refractivity contribution in [1.29, 1.82) is 0 Å². The minimum absolute atomic E-state index is 0.0457. The molecule has 0 aromatic heterocycles. The summed E-state index contributed by atoms with van der Waals surface area (Å²) in [7, 11) is 0. The van der Waals surface area contributed by atoms with Gasteiger partial charge in [0.2, 0.25) is 0 Å². The topological polar surface area (TPSA) is 81.1 Å². The van der Waals surface area contributed by atoms with Crippen LogP contribution in [0.3, 0.4) is 0 Å². The zero-order valence-corrected chi connectivity index (χ0v) is 19.9. The molecule has 0 radical (unpaired) electrons. The van der Waals surface area contributed by atoms with Crippen LogP contribution in [0.2, 0.25) is 0 Å². The third-order valence-electron chi connectivity index (χ3n) is 5.34. The Morgan fingerprint density at radius 2 is 1.09 bits per heavy atom. The molecule has 2 rings (SSSR count). The highest BCUT2D eigenvalue weighted by Gasteiger charge is 2.09. The van der Waals surface area contributed by atoms with Crippen molar-refractivity contribution in [2.75, 3.05) is 36.0 Å². The van der Waals surface area contributed by atoms with E-state index in [2.05, 4.69) is 23.6 Å². The fourth-order valence-electron chi connectivity index (χ4n) is 3.31. The number of aromatic hydroxyl groups is 2. The summed E-state index contributed by atoms with van der Waals surface area (Å²) in [6.45, 7) is 12.2. The molecule has 0 aliphatic heterocycles. The van der Waals surface area contributed by atoms with Crippen molar-refractivity contribution in [3.8, 4) is 11.5 Å². The maximum atomic E-state index is 10.7. The lowest BCUT2D eigenvalue weighted by Crippen LogP contribution is -2.25. The number of phenolic OH excluding ortho intramolecular Hbond substituents is 2. The zero-order chi connectivity index (χ0) is 23.9. The molecule has 0 aliphatic rings. The Bertz CT molecular complexity index is 827. The number of hydrogen-bond donors (Lipinski definition) is 2. The molecule has 0 heterocycles. The second-order valence-electron chi connectivity index (χ2n) is 7.59. The van der Waals surface area contributed by atoms with Crippen LogP contribution in [0.1, 0.15) is 74.1 Å². The number of anilines is 2. The molecule has 0 fully saturated rings. The Labute approximate surface area is 192 Å². The lowest BCUT2D eigenvalue weighted by atomic mass is 10.1. The molecule has 0 unspecified atom stereocenters. The van der Waals surface area contributed by atoms with Gasteiger partial charge in [-0.3, -0.25) is 9.59 Å². The van der Waals surface area contributed by atoms with Crippen LogP contribution < -0.4 is 9.80 Å². The molecule has 0 spiro atoms. The molecule has 0 amide bonds. The largest absolute Gasteiger partial charge is 0.507 e. The summed E-state index contributed by atoms with van der Waals surface area (Å²) in [4.78, 5) is 25.5. The van der Waals surface area contributed by atoms with Gasteiger partial charge in [-0.05, 0) is 51.0 Å². The molecular formula is C26H38N2O4. The van der Waals surface area contributed by atoms with Gasteiger partial charge in [0.05, 0.1) is 11.1 Å². The highest BCUT2D eigenvalue weighted by atomic mass is 16.3. The first-order chi connectivity index (χ1) is 15.4. The summed E-state index contributed by atoms with van der Waals surface area (Å²) in [5.74, 6) is 0.116. The van der Waals surface area contributed by atoms with Crippen molar-refractivity contribution in [1.82, 2.24) is 0 Å². The number of hydrogen-bond acceptors (Lipinski definition) is 6. The van der Waals surface area contributed by atoms with Crippen LogP contribution in [0, 0.1) is 0 Å². The van der Waals surface area contributed by atoms with Crippen molar-refractivity contribution in [2.45, 2.75) is 53.4 Å². The van der Waals surface area contributed by atoms with Gasteiger partial charge in [0.25, 0.3) is 0 Å². The molecule has 2 aromatic rings. The van der Waals surface area contributed by atoms with Crippen LogP contribution in [0.25, 0.3) is 0 Å². The number of benzene rings is 2. The fourth-order valence-corrected chi connectivity index (χ4v) is 3.31. The van der Waals surface area contributed by atoms with E-state index in [4.69, 9.17) is 0 Å². The molecule has 0 atom stereocenters. The number of unbranched alkanes of at least 4 members (excludes halogenated alkanes) is 2. The molecule has 2 aromatic carbocycles. The van der Waals surface area contributed by atoms with Crippen LogP contribution in [-0.2, 0) is 0 Å². The van der Waals surface area contributed by atoms with E-state index < -0.39 is 0 Å². The normalized spacial score (nSPS) is 10.1. The van der Waals surface area contributed by atoms with Gasteiger partial charge in [-0.2, -0.15) is 0 Å². The van der Waals surface area contributed by atoms with Gasteiger partial charge in [-0.25, -0.2) is 0 Å². The van der Waals surface area contributed by atoms with Crippen LogP contribution in [0.5, 0.6) is 11.5 Å². The highest BCUT2D eigenvalue weighted by Crippen LogP contribution is 2.25. The van der Waals surface area contributed by atoms with Gasteiger partial charge < -0.3 is 20.0 Å². The van der Waals surface area contributed by atoms with E-state index in [-0.39, 0.29) is 11.5 Å². The second-order valence-corrected chi connectivity index (χ2v) is 7.59. The van der Waals surface area contributed by atoms with Crippen molar-refractivity contribution in [2.24, 2.45) is 0 Å². The van der Waals surface area contributed by atoms with Crippen molar-refractivity contribution >= 4 is 23.9 Å². The summed E-state index contributed by atoms with van der Waals surface area (Å²) < 4.78 is 0. The first-order valence-electron chi connectivity index (χ1n) is 11.5. The average Bonchev–Trinajstić information content (AvgIpc) is 2.80. The molecule has 2 N–H and O–H groups in total. The minimum Gasteiger partial charge on any atom is -0.507 e. The summed E-state index contributed by atoms with van der Waals surface area (Å²) in [6, 6.07) is 10.4. The predicted molar refractivity (Wildman–Crippen MR) is 133 cm³/mol. The Morgan fingerprint density at radius 1 is 0.688 bits per heavy atom.